The summed E-state index contributed by atoms with van der Waals surface area (Å²) in [5, 5.41) is 3.52. The lowest BCUT2D eigenvalue weighted by Crippen LogP contribution is -2.14. The highest BCUT2D eigenvalue weighted by atomic mass is 16.5. The van der Waals surface area contributed by atoms with Crippen molar-refractivity contribution in [3.05, 3.63) is 59.7 Å². The summed E-state index contributed by atoms with van der Waals surface area (Å²) in [6.45, 7) is 4.74. The molecular formula is C23H33NO2. The zero-order valence-electron chi connectivity index (χ0n) is 16.3. The molecule has 3 heteroatoms. The second-order valence-corrected chi connectivity index (χ2v) is 6.70. The van der Waals surface area contributed by atoms with Gasteiger partial charge in [0, 0.05) is 6.54 Å². The van der Waals surface area contributed by atoms with Gasteiger partial charge < -0.3 is 14.8 Å². The fourth-order valence-corrected chi connectivity index (χ4v) is 2.94. The molecule has 2 aromatic rings. The third-order valence-corrected chi connectivity index (χ3v) is 4.50. The fourth-order valence-electron chi connectivity index (χ4n) is 2.94. The Morgan fingerprint density at radius 1 is 0.808 bits per heavy atom. The normalized spacial score (nSPS) is 10.7. The lowest BCUT2D eigenvalue weighted by molar-refractivity contribution is 0.284. The molecule has 2 rings (SSSR count). The Hall–Kier alpha value is -2.00. The molecule has 0 saturated carbocycles. The number of nitrogens with one attached hydrogen (secondary N) is 1. The molecule has 0 heterocycles. The maximum absolute atomic E-state index is 5.91. The van der Waals surface area contributed by atoms with Crippen molar-refractivity contribution in [2.24, 2.45) is 0 Å². The zero-order chi connectivity index (χ0) is 18.5. The average molecular weight is 356 g/mol. The molecule has 0 aromatic heterocycles. The Balaban J connectivity index is 1.73. The van der Waals surface area contributed by atoms with Gasteiger partial charge in [0.25, 0.3) is 0 Å². The van der Waals surface area contributed by atoms with Crippen LogP contribution in [0, 0.1) is 0 Å². The van der Waals surface area contributed by atoms with E-state index in [1.807, 2.05) is 24.3 Å². The molecule has 3 nitrogen and oxygen atoms in total. The van der Waals surface area contributed by atoms with E-state index in [1.165, 1.54) is 44.1 Å². The first-order chi connectivity index (χ1) is 12.8. The van der Waals surface area contributed by atoms with E-state index < -0.39 is 0 Å². The molecule has 0 radical (unpaired) electrons. The standard InChI is InChI=1S/C23H33NO2/c1-3-4-5-6-7-11-16-24-18-21-14-15-22(23(17-21)25-2)26-19-20-12-9-8-10-13-20/h8-10,12-15,17,24H,3-7,11,16,18-19H2,1-2H3. The predicted octanol–water partition coefficient (Wildman–Crippen LogP) is 5.72. The molecule has 0 unspecified atom stereocenters. The van der Waals surface area contributed by atoms with Gasteiger partial charge in [0.2, 0.25) is 0 Å². The maximum atomic E-state index is 5.91. The smallest absolute Gasteiger partial charge is 0.161 e. The Morgan fingerprint density at radius 3 is 2.35 bits per heavy atom. The number of hydrogen-bond acceptors (Lipinski definition) is 3. The van der Waals surface area contributed by atoms with E-state index in [0.29, 0.717) is 6.61 Å². The summed E-state index contributed by atoms with van der Waals surface area (Å²) in [4.78, 5) is 0. The summed E-state index contributed by atoms with van der Waals surface area (Å²) in [5.74, 6) is 1.58. The van der Waals surface area contributed by atoms with Crippen LogP contribution in [0.5, 0.6) is 11.5 Å². The van der Waals surface area contributed by atoms with Crippen molar-refractivity contribution in [3.8, 4) is 11.5 Å². The highest BCUT2D eigenvalue weighted by molar-refractivity contribution is 5.43. The van der Waals surface area contributed by atoms with E-state index in [1.54, 1.807) is 7.11 Å². The third kappa shape index (κ3) is 7.49. The Bertz CT molecular complexity index is 613. The number of ether oxygens (including phenoxy) is 2. The SMILES string of the molecule is CCCCCCCCNCc1ccc(OCc2ccccc2)c(OC)c1. The molecule has 0 saturated heterocycles. The van der Waals surface area contributed by atoms with Gasteiger partial charge >= 0.3 is 0 Å². The molecular weight excluding hydrogens is 322 g/mol. The molecule has 26 heavy (non-hydrogen) atoms. The van der Waals surface area contributed by atoms with E-state index in [9.17, 15) is 0 Å². The van der Waals surface area contributed by atoms with Gasteiger partial charge in [-0.2, -0.15) is 0 Å². The topological polar surface area (TPSA) is 30.5 Å². The molecule has 0 spiro atoms. The minimum atomic E-state index is 0.548. The van der Waals surface area contributed by atoms with Crippen molar-refractivity contribution in [1.82, 2.24) is 5.32 Å². The van der Waals surface area contributed by atoms with Gasteiger partial charge in [-0.25, -0.2) is 0 Å². The number of methoxy groups -OCH3 is 1. The molecule has 0 aliphatic heterocycles. The molecule has 0 atom stereocenters. The second-order valence-electron chi connectivity index (χ2n) is 6.70. The van der Waals surface area contributed by atoms with Gasteiger partial charge in [-0.3, -0.25) is 0 Å². The maximum Gasteiger partial charge on any atom is 0.161 e. The number of benzene rings is 2. The van der Waals surface area contributed by atoms with Crippen LogP contribution in [0.15, 0.2) is 48.5 Å². The van der Waals surface area contributed by atoms with Gasteiger partial charge in [0.15, 0.2) is 11.5 Å². The first-order valence-corrected chi connectivity index (χ1v) is 9.88. The molecule has 0 aliphatic rings. The van der Waals surface area contributed by atoms with Crippen LogP contribution in [-0.4, -0.2) is 13.7 Å². The van der Waals surface area contributed by atoms with Gasteiger partial charge in [0.1, 0.15) is 6.61 Å². The molecule has 142 valence electrons. The van der Waals surface area contributed by atoms with Crippen molar-refractivity contribution in [1.29, 1.82) is 0 Å². The van der Waals surface area contributed by atoms with Crippen molar-refractivity contribution in [2.45, 2.75) is 58.6 Å². The fraction of sp³-hybridized carbons (Fsp3) is 0.478. The summed E-state index contributed by atoms with van der Waals surface area (Å²) in [6.07, 6.45) is 7.98. The van der Waals surface area contributed by atoms with Crippen molar-refractivity contribution < 1.29 is 9.47 Å². The number of hydrogen-bond donors (Lipinski definition) is 1. The largest absolute Gasteiger partial charge is 0.493 e. The number of rotatable bonds is 13. The monoisotopic (exact) mass is 355 g/mol. The molecule has 0 aliphatic carbocycles. The summed E-state index contributed by atoms with van der Waals surface area (Å²) >= 11 is 0. The molecule has 1 N–H and O–H groups in total. The lowest BCUT2D eigenvalue weighted by atomic mass is 10.1. The quantitative estimate of drug-likeness (QED) is 0.466. The highest BCUT2D eigenvalue weighted by Crippen LogP contribution is 2.28. The van der Waals surface area contributed by atoms with E-state index in [0.717, 1.165) is 30.2 Å². The summed E-state index contributed by atoms with van der Waals surface area (Å²) in [6, 6.07) is 16.4. The van der Waals surface area contributed by atoms with Crippen LogP contribution in [0.4, 0.5) is 0 Å². The molecule has 0 amide bonds. The molecule has 0 fully saturated rings. The van der Waals surface area contributed by atoms with E-state index in [4.69, 9.17) is 9.47 Å². The first-order valence-electron chi connectivity index (χ1n) is 9.88. The Morgan fingerprint density at radius 2 is 1.58 bits per heavy atom. The van der Waals surface area contributed by atoms with Crippen LogP contribution in [0.1, 0.15) is 56.6 Å². The summed E-state index contributed by atoms with van der Waals surface area (Å²) < 4.78 is 11.4. The summed E-state index contributed by atoms with van der Waals surface area (Å²) in [7, 11) is 1.69. The van der Waals surface area contributed by atoms with Crippen LogP contribution < -0.4 is 14.8 Å². The zero-order valence-corrected chi connectivity index (χ0v) is 16.3. The van der Waals surface area contributed by atoms with E-state index in [-0.39, 0.29) is 0 Å². The van der Waals surface area contributed by atoms with Crippen LogP contribution in [0.3, 0.4) is 0 Å². The third-order valence-electron chi connectivity index (χ3n) is 4.50. The Kier molecular flexibility index (Phi) is 9.66. The number of unbranched alkanes of at least 4 members (excludes halogenated alkanes) is 5. The second kappa shape index (κ2) is 12.4. The van der Waals surface area contributed by atoms with Gasteiger partial charge in [-0.15, -0.1) is 0 Å². The van der Waals surface area contributed by atoms with Crippen molar-refractivity contribution in [2.75, 3.05) is 13.7 Å². The van der Waals surface area contributed by atoms with Crippen LogP contribution in [0.2, 0.25) is 0 Å². The van der Waals surface area contributed by atoms with Crippen LogP contribution >= 0.6 is 0 Å². The van der Waals surface area contributed by atoms with Gasteiger partial charge in [0.05, 0.1) is 7.11 Å². The average Bonchev–Trinajstić information content (AvgIpc) is 2.69. The van der Waals surface area contributed by atoms with Gasteiger partial charge in [-0.1, -0.05) is 75.4 Å². The van der Waals surface area contributed by atoms with Crippen LogP contribution in [0.25, 0.3) is 0 Å². The minimum Gasteiger partial charge on any atom is -0.493 e. The van der Waals surface area contributed by atoms with E-state index >= 15 is 0 Å². The van der Waals surface area contributed by atoms with Crippen molar-refractivity contribution >= 4 is 0 Å². The minimum absolute atomic E-state index is 0.548. The van der Waals surface area contributed by atoms with Crippen LogP contribution in [-0.2, 0) is 13.2 Å². The van der Waals surface area contributed by atoms with Gasteiger partial charge in [-0.05, 0) is 36.2 Å². The molecule has 0 bridgehead atoms. The molecule has 2 aromatic carbocycles. The highest BCUT2D eigenvalue weighted by Gasteiger charge is 2.06. The predicted molar refractivity (Wildman–Crippen MR) is 109 cm³/mol. The summed E-state index contributed by atoms with van der Waals surface area (Å²) in [5.41, 5.74) is 2.37. The van der Waals surface area contributed by atoms with Crippen molar-refractivity contribution in [3.63, 3.8) is 0 Å². The van der Waals surface area contributed by atoms with E-state index in [2.05, 4.69) is 36.5 Å². The Labute approximate surface area is 158 Å². The lowest BCUT2D eigenvalue weighted by Gasteiger charge is -2.13. The first kappa shape index (κ1) is 20.3.